The summed E-state index contributed by atoms with van der Waals surface area (Å²) in [7, 11) is 0. The molecule has 3 heteroatoms. The normalized spacial score (nSPS) is 11.4. The highest BCUT2D eigenvalue weighted by atomic mass is 19.1. The number of carboxylic acid groups (broad SMARTS) is 1. The summed E-state index contributed by atoms with van der Waals surface area (Å²) in [4.78, 5) is 10.5. The van der Waals surface area contributed by atoms with Crippen LogP contribution in [0.15, 0.2) is 54.6 Å². The second-order valence-corrected chi connectivity index (χ2v) is 4.58. The van der Waals surface area contributed by atoms with E-state index >= 15 is 0 Å². The van der Waals surface area contributed by atoms with E-state index in [4.69, 9.17) is 5.11 Å². The SMILES string of the molecule is O=C(O)C=Cc1ccc2c(ccc3cc(F)ccc32)c1. The Kier molecular flexibility index (Phi) is 2.95. The lowest BCUT2D eigenvalue weighted by molar-refractivity contribution is -0.131. The van der Waals surface area contributed by atoms with E-state index in [1.165, 1.54) is 12.1 Å². The van der Waals surface area contributed by atoms with Crippen molar-refractivity contribution in [2.24, 2.45) is 0 Å². The Morgan fingerprint density at radius 3 is 2.30 bits per heavy atom. The third kappa shape index (κ3) is 2.26. The zero-order valence-electron chi connectivity index (χ0n) is 10.5. The molecule has 0 atom stereocenters. The zero-order valence-corrected chi connectivity index (χ0v) is 10.5. The van der Waals surface area contributed by atoms with Crippen molar-refractivity contribution in [2.75, 3.05) is 0 Å². The largest absolute Gasteiger partial charge is 0.478 e. The van der Waals surface area contributed by atoms with Gasteiger partial charge in [-0.25, -0.2) is 9.18 Å². The maximum atomic E-state index is 13.2. The topological polar surface area (TPSA) is 37.3 Å². The Morgan fingerprint density at radius 2 is 1.60 bits per heavy atom. The summed E-state index contributed by atoms with van der Waals surface area (Å²) in [6, 6.07) is 14.2. The van der Waals surface area contributed by atoms with Gasteiger partial charge in [-0.2, -0.15) is 0 Å². The fourth-order valence-corrected chi connectivity index (χ4v) is 2.33. The molecule has 1 N–H and O–H groups in total. The molecule has 0 aromatic heterocycles. The fourth-order valence-electron chi connectivity index (χ4n) is 2.33. The van der Waals surface area contributed by atoms with E-state index in [-0.39, 0.29) is 5.82 Å². The maximum Gasteiger partial charge on any atom is 0.328 e. The van der Waals surface area contributed by atoms with Crippen molar-refractivity contribution >= 4 is 33.6 Å². The quantitative estimate of drug-likeness (QED) is 0.556. The van der Waals surface area contributed by atoms with Crippen molar-refractivity contribution in [3.8, 4) is 0 Å². The van der Waals surface area contributed by atoms with Gasteiger partial charge in [0.1, 0.15) is 5.82 Å². The molecule has 20 heavy (non-hydrogen) atoms. The summed E-state index contributed by atoms with van der Waals surface area (Å²) >= 11 is 0. The lowest BCUT2D eigenvalue weighted by atomic mass is 10.00. The Labute approximate surface area is 114 Å². The number of aliphatic carboxylic acids is 1. The van der Waals surface area contributed by atoms with E-state index in [9.17, 15) is 9.18 Å². The first-order chi connectivity index (χ1) is 9.63. The van der Waals surface area contributed by atoms with Crippen molar-refractivity contribution in [3.63, 3.8) is 0 Å². The molecule has 0 saturated heterocycles. The molecule has 0 spiro atoms. The number of carbonyl (C=O) groups is 1. The minimum Gasteiger partial charge on any atom is -0.478 e. The third-order valence-electron chi connectivity index (χ3n) is 3.24. The molecular weight excluding hydrogens is 255 g/mol. The van der Waals surface area contributed by atoms with Gasteiger partial charge in [-0.1, -0.05) is 30.3 Å². The minimum atomic E-state index is -0.973. The summed E-state index contributed by atoms with van der Waals surface area (Å²) in [6.07, 6.45) is 2.66. The molecule has 0 amide bonds. The minimum absolute atomic E-state index is 0.252. The zero-order chi connectivity index (χ0) is 14.1. The van der Waals surface area contributed by atoms with Crippen LogP contribution in [-0.2, 0) is 4.79 Å². The molecule has 3 rings (SSSR count). The van der Waals surface area contributed by atoms with Crippen LogP contribution in [0.3, 0.4) is 0 Å². The molecule has 0 heterocycles. The number of halogens is 1. The number of hydrogen-bond donors (Lipinski definition) is 1. The molecule has 0 radical (unpaired) electrons. The molecule has 3 aromatic carbocycles. The Hall–Kier alpha value is -2.68. The van der Waals surface area contributed by atoms with Gasteiger partial charge < -0.3 is 5.11 Å². The van der Waals surface area contributed by atoms with E-state index in [0.29, 0.717) is 0 Å². The standard InChI is InChI=1S/C17H11FO2/c18-14-5-7-16-13(10-14)4-3-12-9-11(1-6-15(12)16)2-8-17(19)20/h1-10H,(H,19,20). The van der Waals surface area contributed by atoms with Crippen molar-refractivity contribution in [1.82, 2.24) is 0 Å². The van der Waals surface area contributed by atoms with Gasteiger partial charge in [0.2, 0.25) is 0 Å². The van der Waals surface area contributed by atoms with Crippen LogP contribution in [0.5, 0.6) is 0 Å². The highest BCUT2D eigenvalue weighted by Crippen LogP contribution is 2.27. The second-order valence-electron chi connectivity index (χ2n) is 4.58. The first-order valence-electron chi connectivity index (χ1n) is 6.16. The first kappa shape index (κ1) is 12.4. The van der Waals surface area contributed by atoms with Gasteiger partial charge in [0.25, 0.3) is 0 Å². The van der Waals surface area contributed by atoms with Crippen LogP contribution in [0, 0.1) is 5.82 Å². The number of hydrogen-bond acceptors (Lipinski definition) is 1. The summed E-state index contributed by atoms with van der Waals surface area (Å²) in [6.45, 7) is 0. The van der Waals surface area contributed by atoms with E-state index in [2.05, 4.69) is 0 Å². The molecule has 0 bridgehead atoms. The summed E-state index contributed by atoms with van der Waals surface area (Å²) in [5.41, 5.74) is 0.821. The lowest BCUT2D eigenvalue weighted by Gasteiger charge is -2.05. The number of carboxylic acids is 1. The molecular formula is C17H11FO2. The molecule has 0 aliphatic carbocycles. The van der Waals surface area contributed by atoms with E-state index < -0.39 is 5.97 Å². The van der Waals surface area contributed by atoms with E-state index in [0.717, 1.165) is 33.2 Å². The maximum absolute atomic E-state index is 13.2. The van der Waals surface area contributed by atoms with Crippen LogP contribution in [0.4, 0.5) is 4.39 Å². The van der Waals surface area contributed by atoms with Gasteiger partial charge in [0.15, 0.2) is 0 Å². The molecule has 98 valence electrons. The van der Waals surface area contributed by atoms with Crippen LogP contribution < -0.4 is 0 Å². The molecule has 3 aromatic rings. The van der Waals surface area contributed by atoms with Crippen LogP contribution in [-0.4, -0.2) is 11.1 Å². The van der Waals surface area contributed by atoms with E-state index in [1.807, 2.05) is 30.3 Å². The highest BCUT2D eigenvalue weighted by Gasteiger charge is 2.02. The first-order valence-corrected chi connectivity index (χ1v) is 6.16. The van der Waals surface area contributed by atoms with Gasteiger partial charge in [-0.3, -0.25) is 0 Å². The molecule has 0 aliphatic heterocycles. The summed E-state index contributed by atoms with van der Waals surface area (Å²) < 4.78 is 13.2. The Morgan fingerprint density at radius 1 is 0.950 bits per heavy atom. The predicted octanol–water partition coefficient (Wildman–Crippen LogP) is 4.23. The fraction of sp³-hybridized carbons (Fsp3) is 0. The monoisotopic (exact) mass is 266 g/mol. The molecule has 0 fully saturated rings. The Bertz CT molecular complexity index is 850. The van der Waals surface area contributed by atoms with Gasteiger partial charge >= 0.3 is 5.97 Å². The molecule has 0 saturated carbocycles. The van der Waals surface area contributed by atoms with Crippen LogP contribution in [0.2, 0.25) is 0 Å². The van der Waals surface area contributed by atoms with Crippen molar-refractivity contribution in [2.45, 2.75) is 0 Å². The van der Waals surface area contributed by atoms with Crippen LogP contribution >= 0.6 is 0 Å². The summed E-state index contributed by atoms with van der Waals surface area (Å²) in [5, 5.41) is 12.5. The summed E-state index contributed by atoms with van der Waals surface area (Å²) in [5.74, 6) is -1.23. The molecule has 0 aliphatic rings. The Balaban J connectivity index is 2.19. The number of fused-ring (bicyclic) bond motifs is 3. The average molecular weight is 266 g/mol. The average Bonchev–Trinajstić information content (AvgIpc) is 2.44. The number of rotatable bonds is 2. The van der Waals surface area contributed by atoms with Crippen molar-refractivity contribution < 1.29 is 14.3 Å². The molecule has 0 unspecified atom stereocenters. The second kappa shape index (κ2) is 4.78. The van der Waals surface area contributed by atoms with Gasteiger partial charge in [-0.15, -0.1) is 0 Å². The van der Waals surface area contributed by atoms with Gasteiger partial charge in [-0.05, 0) is 51.4 Å². The van der Waals surface area contributed by atoms with Crippen LogP contribution in [0.1, 0.15) is 5.56 Å². The van der Waals surface area contributed by atoms with Crippen molar-refractivity contribution in [3.05, 3.63) is 66.0 Å². The van der Waals surface area contributed by atoms with Crippen LogP contribution in [0.25, 0.3) is 27.6 Å². The predicted molar refractivity (Wildman–Crippen MR) is 78.1 cm³/mol. The van der Waals surface area contributed by atoms with Gasteiger partial charge in [0, 0.05) is 6.08 Å². The van der Waals surface area contributed by atoms with Gasteiger partial charge in [0.05, 0.1) is 0 Å². The number of benzene rings is 3. The highest BCUT2D eigenvalue weighted by molar-refractivity contribution is 6.08. The molecule has 2 nitrogen and oxygen atoms in total. The lowest BCUT2D eigenvalue weighted by Crippen LogP contribution is -1.86. The smallest absolute Gasteiger partial charge is 0.328 e. The third-order valence-corrected chi connectivity index (χ3v) is 3.24. The van der Waals surface area contributed by atoms with E-state index in [1.54, 1.807) is 12.1 Å². The van der Waals surface area contributed by atoms with Crippen molar-refractivity contribution in [1.29, 1.82) is 0 Å².